The fourth-order valence-electron chi connectivity index (χ4n) is 1.65. The lowest BCUT2D eigenvalue weighted by Gasteiger charge is -2.11. The summed E-state index contributed by atoms with van der Waals surface area (Å²) in [6, 6.07) is 5.72. The summed E-state index contributed by atoms with van der Waals surface area (Å²) in [4.78, 5) is 8.52. The van der Waals surface area contributed by atoms with Crippen LogP contribution in [0.5, 0.6) is 5.88 Å². The molecule has 1 aromatic rings. The van der Waals surface area contributed by atoms with Crippen molar-refractivity contribution >= 4 is 29.9 Å². The van der Waals surface area contributed by atoms with Gasteiger partial charge in [0.15, 0.2) is 5.96 Å². The van der Waals surface area contributed by atoms with E-state index in [1.165, 1.54) is 12.8 Å². The largest absolute Gasteiger partial charge is 0.481 e. The van der Waals surface area contributed by atoms with Crippen LogP contribution in [-0.2, 0) is 6.54 Å². The topological polar surface area (TPSA) is 58.5 Å². The number of rotatable bonds is 7. The van der Waals surface area contributed by atoms with Crippen molar-refractivity contribution in [3.05, 3.63) is 23.9 Å². The summed E-state index contributed by atoms with van der Waals surface area (Å²) in [5.74, 6) is 1.44. The maximum absolute atomic E-state index is 5.10. The van der Waals surface area contributed by atoms with Crippen LogP contribution in [-0.4, -0.2) is 31.6 Å². The second-order valence-electron chi connectivity index (χ2n) is 4.23. The first-order chi connectivity index (χ1) is 9.30. The molecule has 0 radical (unpaired) electrons. The molecule has 0 unspecified atom stereocenters. The van der Waals surface area contributed by atoms with Gasteiger partial charge in [-0.1, -0.05) is 25.8 Å². The molecule has 1 aromatic heterocycles. The van der Waals surface area contributed by atoms with Gasteiger partial charge in [0.2, 0.25) is 5.88 Å². The van der Waals surface area contributed by atoms with E-state index < -0.39 is 0 Å². The Bertz CT molecular complexity index is 399. The van der Waals surface area contributed by atoms with Crippen LogP contribution in [0.15, 0.2) is 23.2 Å². The Balaban J connectivity index is 0.00000361. The van der Waals surface area contributed by atoms with Crippen LogP contribution < -0.4 is 15.4 Å². The predicted molar refractivity (Wildman–Crippen MR) is 93.9 cm³/mol. The van der Waals surface area contributed by atoms with Crippen LogP contribution in [0.1, 0.15) is 31.9 Å². The number of aromatic nitrogens is 1. The first-order valence-corrected chi connectivity index (χ1v) is 6.74. The van der Waals surface area contributed by atoms with Crippen molar-refractivity contribution in [3.63, 3.8) is 0 Å². The normalized spacial score (nSPS) is 10.7. The molecule has 114 valence electrons. The minimum absolute atomic E-state index is 0. The highest BCUT2D eigenvalue weighted by atomic mass is 127. The van der Waals surface area contributed by atoms with Gasteiger partial charge in [-0.15, -0.1) is 24.0 Å². The third-order valence-electron chi connectivity index (χ3n) is 2.72. The van der Waals surface area contributed by atoms with Gasteiger partial charge in [-0.2, -0.15) is 0 Å². The number of methoxy groups -OCH3 is 1. The summed E-state index contributed by atoms with van der Waals surface area (Å²) in [6.45, 7) is 3.77. The second kappa shape index (κ2) is 11.7. The summed E-state index contributed by atoms with van der Waals surface area (Å²) < 4.78 is 5.10. The Kier molecular flexibility index (Phi) is 11.1. The summed E-state index contributed by atoms with van der Waals surface area (Å²) in [5.41, 5.74) is 0.927. The molecule has 1 rings (SSSR count). The molecule has 0 spiro atoms. The Morgan fingerprint density at radius 3 is 2.75 bits per heavy atom. The zero-order valence-corrected chi connectivity index (χ0v) is 14.8. The summed E-state index contributed by atoms with van der Waals surface area (Å²) >= 11 is 0. The van der Waals surface area contributed by atoms with Gasteiger partial charge in [0.1, 0.15) is 0 Å². The lowest BCUT2D eigenvalue weighted by Crippen LogP contribution is -2.37. The highest BCUT2D eigenvalue weighted by molar-refractivity contribution is 14.0. The van der Waals surface area contributed by atoms with Crippen LogP contribution in [0.3, 0.4) is 0 Å². The van der Waals surface area contributed by atoms with E-state index in [1.807, 2.05) is 18.2 Å². The molecular formula is C14H25IN4O. The fourth-order valence-corrected chi connectivity index (χ4v) is 1.65. The van der Waals surface area contributed by atoms with Gasteiger partial charge < -0.3 is 15.4 Å². The zero-order chi connectivity index (χ0) is 13.9. The maximum Gasteiger partial charge on any atom is 0.213 e. The van der Waals surface area contributed by atoms with Crippen molar-refractivity contribution < 1.29 is 4.74 Å². The van der Waals surface area contributed by atoms with Crippen molar-refractivity contribution in [1.29, 1.82) is 0 Å². The van der Waals surface area contributed by atoms with E-state index in [9.17, 15) is 0 Å². The van der Waals surface area contributed by atoms with E-state index in [0.29, 0.717) is 12.4 Å². The summed E-state index contributed by atoms with van der Waals surface area (Å²) in [7, 11) is 3.39. The van der Waals surface area contributed by atoms with E-state index in [-0.39, 0.29) is 24.0 Å². The SMILES string of the molecule is CCCCCNC(=NC)NCc1cccc(OC)n1.I. The number of aliphatic imine (C=N–C) groups is 1. The molecule has 0 fully saturated rings. The smallest absolute Gasteiger partial charge is 0.213 e. The highest BCUT2D eigenvalue weighted by Gasteiger charge is 2.00. The molecule has 0 atom stereocenters. The fraction of sp³-hybridized carbons (Fsp3) is 0.571. The monoisotopic (exact) mass is 392 g/mol. The van der Waals surface area contributed by atoms with E-state index in [2.05, 4.69) is 27.5 Å². The van der Waals surface area contributed by atoms with Crippen LogP contribution in [0.2, 0.25) is 0 Å². The van der Waals surface area contributed by atoms with Crippen LogP contribution >= 0.6 is 24.0 Å². The van der Waals surface area contributed by atoms with Crippen molar-refractivity contribution in [2.45, 2.75) is 32.7 Å². The van der Waals surface area contributed by atoms with Crippen LogP contribution in [0, 0.1) is 0 Å². The lowest BCUT2D eigenvalue weighted by molar-refractivity contribution is 0.396. The van der Waals surface area contributed by atoms with E-state index in [4.69, 9.17) is 4.74 Å². The first kappa shape index (κ1) is 18.9. The number of halogens is 1. The van der Waals surface area contributed by atoms with E-state index in [0.717, 1.165) is 24.6 Å². The van der Waals surface area contributed by atoms with Gasteiger partial charge in [-0.25, -0.2) is 4.98 Å². The highest BCUT2D eigenvalue weighted by Crippen LogP contribution is 2.05. The van der Waals surface area contributed by atoms with Gasteiger partial charge in [0.05, 0.1) is 19.3 Å². The molecule has 0 saturated heterocycles. The van der Waals surface area contributed by atoms with Crippen LogP contribution in [0.4, 0.5) is 0 Å². The Labute approximate surface area is 138 Å². The van der Waals surface area contributed by atoms with Crippen molar-refractivity contribution in [2.24, 2.45) is 4.99 Å². The molecular weight excluding hydrogens is 367 g/mol. The van der Waals surface area contributed by atoms with Gasteiger partial charge in [-0.05, 0) is 12.5 Å². The number of unbranched alkanes of at least 4 members (excludes halogenated alkanes) is 2. The molecule has 0 aromatic carbocycles. The molecule has 0 aliphatic rings. The molecule has 1 heterocycles. The van der Waals surface area contributed by atoms with Gasteiger partial charge in [0.25, 0.3) is 0 Å². The van der Waals surface area contributed by atoms with Gasteiger partial charge in [0, 0.05) is 19.7 Å². The predicted octanol–water partition coefficient (Wildman–Crippen LogP) is 2.56. The standard InChI is InChI=1S/C14H24N4O.HI/c1-4-5-6-10-16-14(15-2)17-11-12-8-7-9-13(18-12)19-3;/h7-9H,4-6,10-11H2,1-3H3,(H2,15,16,17);1H. The number of nitrogens with zero attached hydrogens (tertiary/aromatic N) is 2. The molecule has 0 bridgehead atoms. The van der Waals surface area contributed by atoms with Crippen molar-refractivity contribution in [1.82, 2.24) is 15.6 Å². The zero-order valence-electron chi connectivity index (χ0n) is 12.5. The second-order valence-corrected chi connectivity index (χ2v) is 4.23. The molecule has 0 aliphatic carbocycles. The number of hydrogen-bond donors (Lipinski definition) is 2. The molecule has 5 nitrogen and oxygen atoms in total. The lowest BCUT2D eigenvalue weighted by atomic mass is 10.2. The third kappa shape index (κ3) is 7.52. The Hall–Kier alpha value is -1.05. The molecule has 0 aliphatic heterocycles. The van der Waals surface area contributed by atoms with Crippen LogP contribution in [0.25, 0.3) is 0 Å². The molecule has 0 amide bonds. The molecule has 2 N–H and O–H groups in total. The Morgan fingerprint density at radius 2 is 2.10 bits per heavy atom. The average Bonchev–Trinajstić information content (AvgIpc) is 2.47. The number of nitrogens with one attached hydrogen (secondary N) is 2. The van der Waals surface area contributed by atoms with E-state index in [1.54, 1.807) is 14.2 Å². The van der Waals surface area contributed by atoms with Gasteiger partial charge >= 0.3 is 0 Å². The maximum atomic E-state index is 5.10. The Morgan fingerprint density at radius 1 is 1.30 bits per heavy atom. The number of hydrogen-bond acceptors (Lipinski definition) is 3. The average molecular weight is 392 g/mol. The first-order valence-electron chi connectivity index (χ1n) is 6.74. The van der Waals surface area contributed by atoms with Gasteiger partial charge in [-0.3, -0.25) is 4.99 Å². The number of guanidine groups is 1. The molecule has 0 saturated carbocycles. The summed E-state index contributed by atoms with van der Waals surface area (Å²) in [6.07, 6.45) is 3.62. The minimum Gasteiger partial charge on any atom is -0.481 e. The number of pyridine rings is 1. The van der Waals surface area contributed by atoms with Crippen molar-refractivity contribution in [2.75, 3.05) is 20.7 Å². The summed E-state index contributed by atoms with van der Waals surface area (Å²) in [5, 5.41) is 6.52. The van der Waals surface area contributed by atoms with Crippen molar-refractivity contribution in [3.8, 4) is 5.88 Å². The molecule has 20 heavy (non-hydrogen) atoms. The minimum atomic E-state index is 0. The van der Waals surface area contributed by atoms with E-state index >= 15 is 0 Å². The molecule has 6 heteroatoms. The number of ether oxygens (including phenoxy) is 1. The third-order valence-corrected chi connectivity index (χ3v) is 2.72. The quantitative estimate of drug-likeness (QED) is 0.324.